The molecule has 2 unspecified atom stereocenters. The van der Waals surface area contributed by atoms with Gasteiger partial charge in [0.25, 0.3) is 5.91 Å². The van der Waals surface area contributed by atoms with Crippen molar-refractivity contribution in [3.05, 3.63) is 29.6 Å². The number of carbonyl (C=O) groups is 1. The van der Waals surface area contributed by atoms with E-state index in [0.717, 1.165) is 5.56 Å². The lowest BCUT2D eigenvalue weighted by molar-refractivity contribution is -0.0389. The number of hydrogen-bond donors (Lipinski definition) is 1. The molecular formula is C13H19N3O2. The van der Waals surface area contributed by atoms with E-state index in [1.807, 2.05) is 24.8 Å². The molecule has 0 spiro atoms. The Hall–Kier alpha value is -1.46. The Labute approximate surface area is 107 Å². The molecule has 0 saturated carbocycles. The smallest absolute Gasteiger partial charge is 0.272 e. The first kappa shape index (κ1) is 13.0. The molecule has 18 heavy (non-hydrogen) atoms. The van der Waals surface area contributed by atoms with Gasteiger partial charge in [-0.2, -0.15) is 0 Å². The van der Waals surface area contributed by atoms with E-state index in [-0.39, 0.29) is 18.1 Å². The monoisotopic (exact) mass is 249 g/mol. The number of nitrogens with two attached hydrogens (primary N) is 1. The van der Waals surface area contributed by atoms with Crippen LogP contribution in [0.3, 0.4) is 0 Å². The molecule has 0 radical (unpaired) electrons. The number of amides is 1. The first-order valence-corrected chi connectivity index (χ1v) is 6.19. The Morgan fingerprint density at radius 2 is 2.33 bits per heavy atom. The SMILES string of the molecule is CC1CN(C(=O)c2ccc(CN)cn2)C(C)CO1. The van der Waals surface area contributed by atoms with Gasteiger partial charge in [0.2, 0.25) is 0 Å². The lowest BCUT2D eigenvalue weighted by Crippen LogP contribution is -2.50. The van der Waals surface area contributed by atoms with Gasteiger partial charge < -0.3 is 15.4 Å². The zero-order valence-electron chi connectivity index (χ0n) is 10.8. The van der Waals surface area contributed by atoms with Crippen LogP contribution in [0.5, 0.6) is 0 Å². The van der Waals surface area contributed by atoms with E-state index >= 15 is 0 Å². The van der Waals surface area contributed by atoms with Gasteiger partial charge in [-0.15, -0.1) is 0 Å². The van der Waals surface area contributed by atoms with Crippen molar-refractivity contribution >= 4 is 5.91 Å². The third-order valence-corrected chi connectivity index (χ3v) is 3.15. The summed E-state index contributed by atoms with van der Waals surface area (Å²) in [6.45, 7) is 5.58. The van der Waals surface area contributed by atoms with Gasteiger partial charge in [0, 0.05) is 19.3 Å². The number of nitrogens with zero attached hydrogens (tertiary/aromatic N) is 2. The molecule has 5 heteroatoms. The van der Waals surface area contributed by atoms with Gasteiger partial charge >= 0.3 is 0 Å². The molecule has 0 aromatic carbocycles. The van der Waals surface area contributed by atoms with Crippen LogP contribution in [0.4, 0.5) is 0 Å². The van der Waals surface area contributed by atoms with E-state index in [9.17, 15) is 4.79 Å². The van der Waals surface area contributed by atoms with Crippen LogP contribution in [0.15, 0.2) is 18.3 Å². The fraction of sp³-hybridized carbons (Fsp3) is 0.538. The van der Waals surface area contributed by atoms with Crippen LogP contribution in [0, 0.1) is 0 Å². The predicted molar refractivity (Wildman–Crippen MR) is 68.0 cm³/mol. The minimum Gasteiger partial charge on any atom is -0.375 e. The zero-order valence-corrected chi connectivity index (χ0v) is 10.8. The zero-order chi connectivity index (χ0) is 13.1. The molecule has 1 aliphatic heterocycles. The molecule has 2 heterocycles. The second kappa shape index (κ2) is 5.46. The van der Waals surface area contributed by atoms with Crippen LogP contribution in [0.1, 0.15) is 29.9 Å². The lowest BCUT2D eigenvalue weighted by atomic mass is 10.1. The quantitative estimate of drug-likeness (QED) is 0.841. The molecule has 2 rings (SSSR count). The molecule has 2 N–H and O–H groups in total. The predicted octanol–water partition coefficient (Wildman–Crippen LogP) is 0.790. The second-order valence-electron chi connectivity index (χ2n) is 4.71. The fourth-order valence-corrected chi connectivity index (χ4v) is 2.01. The van der Waals surface area contributed by atoms with E-state index in [2.05, 4.69) is 4.98 Å². The molecule has 1 aliphatic rings. The maximum atomic E-state index is 12.3. The van der Waals surface area contributed by atoms with E-state index in [0.29, 0.717) is 25.4 Å². The van der Waals surface area contributed by atoms with E-state index in [4.69, 9.17) is 10.5 Å². The van der Waals surface area contributed by atoms with Crippen molar-refractivity contribution in [2.75, 3.05) is 13.2 Å². The summed E-state index contributed by atoms with van der Waals surface area (Å²) in [7, 11) is 0. The number of pyridine rings is 1. The van der Waals surface area contributed by atoms with Crippen LogP contribution in [-0.2, 0) is 11.3 Å². The molecule has 0 bridgehead atoms. The van der Waals surface area contributed by atoms with Crippen LogP contribution in [-0.4, -0.2) is 41.1 Å². The molecule has 1 aromatic rings. The average molecular weight is 249 g/mol. The highest BCUT2D eigenvalue weighted by Crippen LogP contribution is 2.14. The van der Waals surface area contributed by atoms with Gasteiger partial charge in [-0.1, -0.05) is 6.07 Å². The summed E-state index contributed by atoms with van der Waals surface area (Å²) in [4.78, 5) is 18.3. The second-order valence-corrected chi connectivity index (χ2v) is 4.71. The third-order valence-electron chi connectivity index (χ3n) is 3.15. The first-order chi connectivity index (χ1) is 8.61. The molecule has 2 atom stereocenters. The van der Waals surface area contributed by atoms with Crippen LogP contribution in [0.2, 0.25) is 0 Å². The van der Waals surface area contributed by atoms with Crippen molar-refractivity contribution in [2.24, 2.45) is 5.73 Å². The van der Waals surface area contributed by atoms with Gasteiger partial charge in [-0.05, 0) is 25.5 Å². The Balaban J connectivity index is 2.13. The Kier molecular flexibility index (Phi) is 3.93. The van der Waals surface area contributed by atoms with Gasteiger partial charge in [-0.3, -0.25) is 9.78 Å². The van der Waals surface area contributed by atoms with Crippen molar-refractivity contribution in [1.29, 1.82) is 0 Å². The van der Waals surface area contributed by atoms with Gasteiger partial charge in [0.05, 0.1) is 18.8 Å². The molecule has 5 nitrogen and oxygen atoms in total. The standard InChI is InChI=1S/C13H19N3O2/c1-9-8-18-10(2)7-16(9)13(17)12-4-3-11(5-14)6-15-12/h3-4,6,9-10H,5,7-8,14H2,1-2H3. The summed E-state index contributed by atoms with van der Waals surface area (Å²) in [6, 6.07) is 3.66. The maximum absolute atomic E-state index is 12.3. The molecule has 1 aromatic heterocycles. The third kappa shape index (κ3) is 2.68. The van der Waals surface area contributed by atoms with Crippen LogP contribution < -0.4 is 5.73 Å². The topological polar surface area (TPSA) is 68.5 Å². The molecule has 1 amide bonds. The minimum atomic E-state index is -0.0405. The summed E-state index contributed by atoms with van der Waals surface area (Å²) in [5.41, 5.74) is 6.90. The molecule has 1 saturated heterocycles. The maximum Gasteiger partial charge on any atom is 0.272 e. The minimum absolute atomic E-state index is 0.0405. The first-order valence-electron chi connectivity index (χ1n) is 6.19. The van der Waals surface area contributed by atoms with E-state index in [1.54, 1.807) is 12.3 Å². The number of aromatic nitrogens is 1. The van der Waals surface area contributed by atoms with Crippen molar-refractivity contribution in [3.63, 3.8) is 0 Å². The Morgan fingerprint density at radius 3 is 2.94 bits per heavy atom. The molecular weight excluding hydrogens is 230 g/mol. The van der Waals surface area contributed by atoms with Gasteiger partial charge in [-0.25, -0.2) is 0 Å². The van der Waals surface area contributed by atoms with Gasteiger partial charge in [0.15, 0.2) is 0 Å². The van der Waals surface area contributed by atoms with Crippen molar-refractivity contribution < 1.29 is 9.53 Å². The Bertz CT molecular complexity index is 419. The summed E-state index contributed by atoms with van der Waals surface area (Å²) in [6.07, 6.45) is 1.73. The van der Waals surface area contributed by atoms with Crippen LogP contribution >= 0.6 is 0 Å². The normalized spacial score (nSPS) is 24.1. The lowest BCUT2D eigenvalue weighted by Gasteiger charge is -2.36. The van der Waals surface area contributed by atoms with Crippen molar-refractivity contribution in [1.82, 2.24) is 9.88 Å². The molecule has 98 valence electrons. The largest absolute Gasteiger partial charge is 0.375 e. The van der Waals surface area contributed by atoms with Gasteiger partial charge in [0.1, 0.15) is 5.69 Å². The summed E-state index contributed by atoms with van der Waals surface area (Å²) < 4.78 is 5.51. The summed E-state index contributed by atoms with van der Waals surface area (Å²) in [5.74, 6) is -0.0405. The number of carbonyl (C=O) groups excluding carboxylic acids is 1. The highest BCUT2D eigenvalue weighted by atomic mass is 16.5. The average Bonchev–Trinajstić information content (AvgIpc) is 2.41. The fourth-order valence-electron chi connectivity index (χ4n) is 2.01. The number of ether oxygens (including phenoxy) is 1. The van der Waals surface area contributed by atoms with Crippen LogP contribution in [0.25, 0.3) is 0 Å². The Morgan fingerprint density at radius 1 is 1.56 bits per heavy atom. The summed E-state index contributed by atoms with van der Waals surface area (Å²) >= 11 is 0. The summed E-state index contributed by atoms with van der Waals surface area (Å²) in [5, 5.41) is 0. The number of morpholine rings is 1. The highest BCUT2D eigenvalue weighted by molar-refractivity contribution is 5.92. The number of hydrogen-bond acceptors (Lipinski definition) is 4. The number of rotatable bonds is 2. The van der Waals surface area contributed by atoms with Crippen molar-refractivity contribution in [2.45, 2.75) is 32.5 Å². The van der Waals surface area contributed by atoms with E-state index < -0.39 is 0 Å². The molecule has 0 aliphatic carbocycles. The van der Waals surface area contributed by atoms with Crippen molar-refractivity contribution in [3.8, 4) is 0 Å². The highest BCUT2D eigenvalue weighted by Gasteiger charge is 2.28. The van der Waals surface area contributed by atoms with E-state index in [1.165, 1.54) is 0 Å². The molecule has 1 fully saturated rings.